The number of fused-ring (bicyclic) bond motifs is 3. The molecule has 0 spiro atoms. The number of ketones is 1. The second kappa shape index (κ2) is 11.2. The topological polar surface area (TPSA) is 97.8 Å². The molecule has 2 aliphatic heterocycles. The Kier molecular flexibility index (Phi) is 8.03. The quantitative estimate of drug-likeness (QED) is 0.638. The molecular formula is C25H30BrN3O5. The van der Waals surface area contributed by atoms with Gasteiger partial charge < -0.3 is 19.7 Å². The number of carbonyl (C=O) groups excluding carboxylic acids is 3. The predicted molar refractivity (Wildman–Crippen MR) is 131 cm³/mol. The molecule has 0 aliphatic carbocycles. The number of Topliss-reactive ketones (excluding diaryl/α,β-unsaturated/α-hetero) is 1. The van der Waals surface area contributed by atoms with Crippen LogP contribution in [0.1, 0.15) is 51.0 Å². The molecule has 182 valence electrons. The predicted octanol–water partition coefficient (Wildman–Crippen LogP) is 4.17. The lowest BCUT2D eigenvalue weighted by Gasteiger charge is -2.23. The minimum Gasteiger partial charge on any atom is -0.472 e. The Morgan fingerprint density at radius 1 is 1.24 bits per heavy atom. The summed E-state index contributed by atoms with van der Waals surface area (Å²) in [6.07, 6.45) is 5.70. The summed E-state index contributed by atoms with van der Waals surface area (Å²) >= 11 is 3.68. The number of nitrogens with one attached hydrogen (secondary N) is 1. The van der Waals surface area contributed by atoms with Crippen molar-refractivity contribution >= 4 is 44.5 Å². The van der Waals surface area contributed by atoms with Crippen LogP contribution in [0, 0.1) is 0 Å². The zero-order chi connectivity index (χ0) is 24.1. The number of amides is 2. The summed E-state index contributed by atoms with van der Waals surface area (Å²) in [4.78, 5) is 43.7. The molecule has 0 unspecified atom stereocenters. The van der Waals surface area contributed by atoms with Crippen LogP contribution in [0.3, 0.4) is 0 Å². The van der Waals surface area contributed by atoms with E-state index < -0.39 is 12.1 Å². The fraction of sp³-hybridized carbons (Fsp3) is 0.520. The lowest BCUT2D eigenvalue weighted by molar-refractivity contribution is -0.136. The number of nitrogens with zero attached hydrogens (tertiary/aromatic N) is 2. The van der Waals surface area contributed by atoms with Gasteiger partial charge in [-0.05, 0) is 55.9 Å². The summed E-state index contributed by atoms with van der Waals surface area (Å²) in [5.41, 5.74) is 1.16. The molecule has 2 amide bonds. The summed E-state index contributed by atoms with van der Waals surface area (Å²) < 4.78 is 12.5. The number of ether oxygens (including phenoxy) is 2. The van der Waals surface area contributed by atoms with E-state index in [1.807, 2.05) is 13.0 Å². The minimum absolute atomic E-state index is 0.00586. The third-order valence-corrected chi connectivity index (χ3v) is 6.97. The van der Waals surface area contributed by atoms with Crippen molar-refractivity contribution in [3.8, 4) is 5.88 Å². The number of alkyl carbamates (subject to hydrolysis) is 1. The number of rotatable bonds is 3. The van der Waals surface area contributed by atoms with Crippen molar-refractivity contribution < 1.29 is 23.9 Å². The zero-order valence-electron chi connectivity index (χ0n) is 19.3. The number of hydrogen-bond donors (Lipinski definition) is 1. The lowest BCUT2D eigenvalue weighted by atomic mass is 10.0. The summed E-state index contributed by atoms with van der Waals surface area (Å²) in [5, 5.41) is 4.43. The van der Waals surface area contributed by atoms with Gasteiger partial charge in [-0.2, -0.15) is 0 Å². The first kappa shape index (κ1) is 24.4. The molecule has 2 aliphatic rings. The first-order valence-corrected chi connectivity index (χ1v) is 12.7. The SMILES string of the molecule is CCCC(=O)[C@@H]1C[C@H]2CN1C(=O)CNC(=O)OCCCCCc1cc(Br)c3ccnc(c3c1)O2. The Balaban J connectivity index is 1.65. The largest absolute Gasteiger partial charge is 0.472 e. The minimum atomic E-state index is -0.620. The van der Waals surface area contributed by atoms with E-state index in [1.165, 1.54) is 4.90 Å². The molecule has 1 aromatic carbocycles. The van der Waals surface area contributed by atoms with Crippen LogP contribution in [-0.4, -0.2) is 59.5 Å². The third kappa shape index (κ3) is 5.68. The fourth-order valence-corrected chi connectivity index (χ4v) is 5.26. The number of benzene rings is 1. The highest BCUT2D eigenvalue weighted by atomic mass is 79.9. The molecule has 9 heteroatoms. The molecule has 3 heterocycles. The molecule has 1 fully saturated rings. The van der Waals surface area contributed by atoms with E-state index in [2.05, 4.69) is 38.4 Å². The van der Waals surface area contributed by atoms with Crippen molar-refractivity contribution in [3.63, 3.8) is 0 Å². The zero-order valence-corrected chi connectivity index (χ0v) is 20.9. The van der Waals surface area contributed by atoms with Crippen molar-refractivity contribution in [1.82, 2.24) is 15.2 Å². The van der Waals surface area contributed by atoms with Crippen LogP contribution in [0.15, 0.2) is 28.9 Å². The Morgan fingerprint density at radius 2 is 2.09 bits per heavy atom. The fourth-order valence-electron chi connectivity index (χ4n) is 4.62. The third-order valence-electron chi connectivity index (χ3n) is 6.31. The van der Waals surface area contributed by atoms with Crippen molar-refractivity contribution in [2.24, 2.45) is 0 Å². The van der Waals surface area contributed by atoms with E-state index in [0.29, 0.717) is 31.7 Å². The molecule has 1 saturated heterocycles. The Bertz CT molecular complexity index is 1080. The van der Waals surface area contributed by atoms with Gasteiger partial charge in [-0.25, -0.2) is 9.78 Å². The van der Waals surface area contributed by atoms with Gasteiger partial charge in [-0.15, -0.1) is 0 Å². The van der Waals surface area contributed by atoms with Gasteiger partial charge in [0.25, 0.3) is 0 Å². The molecule has 1 aromatic heterocycles. The lowest BCUT2D eigenvalue weighted by Crippen LogP contribution is -2.45. The van der Waals surface area contributed by atoms with Crippen LogP contribution < -0.4 is 10.1 Å². The first-order valence-electron chi connectivity index (χ1n) is 11.9. The maximum Gasteiger partial charge on any atom is 0.407 e. The molecular weight excluding hydrogens is 502 g/mol. The summed E-state index contributed by atoms with van der Waals surface area (Å²) in [7, 11) is 0. The van der Waals surface area contributed by atoms with Crippen LogP contribution in [0.5, 0.6) is 5.88 Å². The van der Waals surface area contributed by atoms with E-state index in [-0.39, 0.29) is 30.9 Å². The smallest absolute Gasteiger partial charge is 0.407 e. The average Bonchev–Trinajstić information content (AvgIpc) is 3.24. The van der Waals surface area contributed by atoms with E-state index >= 15 is 0 Å². The monoisotopic (exact) mass is 531 g/mol. The second-order valence-electron chi connectivity index (χ2n) is 8.84. The number of aryl methyl sites for hydroxylation is 1. The van der Waals surface area contributed by atoms with Crippen LogP contribution in [0.4, 0.5) is 4.79 Å². The van der Waals surface area contributed by atoms with Gasteiger partial charge in [0.1, 0.15) is 12.6 Å². The van der Waals surface area contributed by atoms with Crippen molar-refractivity contribution in [1.29, 1.82) is 0 Å². The highest BCUT2D eigenvalue weighted by Gasteiger charge is 2.40. The van der Waals surface area contributed by atoms with Crippen molar-refractivity contribution in [3.05, 3.63) is 34.4 Å². The summed E-state index contributed by atoms with van der Waals surface area (Å²) in [5.74, 6) is 0.185. The summed E-state index contributed by atoms with van der Waals surface area (Å²) in [6, 6.07) is 5.59. The second-order valence-corrected chi connectivity index (χ2v) is 9.70. The molecule has 8 nitrogen and oxygen atoms in total. The maximum atomic E-state index is 12.9. The average molecular weight is 532 g/mol. The van der Waals surface area contributed by atoms with Gasteiger partial charge in [0.2, 0.25) is 11.8 Å². The molecule has 2 aromatic rings. The number of pyridine rings is 1. The number of aromatic nitrogens is 1. The van der Waals surface area contributed by atoms with E-state index in [4.69, 9.17) is 9.47 Å². The van der Waals surface area contributed by atoms with Crippen molar-refractivity contribution in [2.45, 2.75) is 64.0 Å². The molecule has 34 heavy (non-hydrogen) atoms. The summed E-state index contributed by atoms with van der Waals surface area (Å²) in [6.45, 7) is 2.28. The highest BCUT2D eigenvalue weighted by Crippen LogP contribution is 2.33. The van der Waals surface area contributed by atoms with Crippen molar-refractivity contribution in [2.75, 3.05) is 19.7 Å². The normalized spacial score (nSPS) is 22.0. The molecule has 4 bridgehead atoms. The number of hydrogen-bond acceptors (Lipinski definition) is 6. The maximum absolute atomic E-state index is 12.9. The first-order chi connectivity index (χ1) is 16.5. The Labute approximate surface area is 207 Å². The standard InChI is InChI=1S/C25H30BrN3O5/c1-2-6-22(30)21-13-17-15-29(21)23(31)14-28-25(32)33-10-5-3-4-7-16-11-19-18(20(26)12-16)8-9-27-24(19)34-17/h8-9,11-12,17,21H,2-7,10,13-15H2,1H3,(H,28,32)/t17-,21-/m0/s1. The Morgan fingerprint density at radius 3 is 2.91 bits per heavy atom. The van der Waals surface area contributed by atoms with E-state index in [9.17, 15) is 14.4 Å². The van der Waals surface area contributed by atoms with Gasteiger partial charge >= 0.3 is 6.09 Å². The van der Waals surface area contributed by atoms with Crippen LogP contribution in [-0.2, 0) is 20.7 Å². The number of carbonyl (C=O) groups is 3. The van der Waals surface area contributed by atoms with Gasteiger partial charge in [-0.3, -0.25) is 9.59 Å². The van der Waals surface area contributed by atoms with Gasteiger partial charge in [-0.1, -0.05) is 22.9 Å². The highest BCUT2D eigenvalue weighted by molar-refractivity contribution is 9.10. The molecule has 2 atom stereocenters. The molecule has 1 N–H and O–H groups in total. The van der Waals surface area contributed by atoms with Gasteiger partial charge in [0.05, 0.1) is 19.2 Å². The number of cyclic esters (lactones) is 1. The van der Waals surface area contributed by atoms with Crippen LogP contribution in [0.2, 0.25) is 0 Å². The van der Waals surface area contributed by atoms with E-state index in [1.54, 1.807) is 6.20 Å². The van der Waals surface area contributed by atoms with E-state index in [0.717, 1.165) is 46.5 Å². The Hall–Kier alpha value is -2.68. The number of halogens is 1. The van der Waals surface area contributed by atoms with Crippen LogP contribution >= 0.6 is 15.9 Å². The van der Waals surface area contributed by atoms with Crippen LogP contribution in [0.25, 0.3) is 10.8 Å². The molecule has 0 saturated carbocycles. The molecule has 4 rings (SSSR count). The van der Waals surface area contributed by atoms with Gasteiger partial charge in [0.15, 0.2) is 5.78 Å². The molecule has 0 radical (unpaired) electrons. The van der Waals surface area contributed by atoms with Gasteiger partial charge in [0, 0.05) is 34.3 Å².